The number of nitrogen functional groups attached to an aromatic ring is 1. The highest BCUT2D eigenvalue weighted by molar-refractivity contribution is 5.82. The Hall–Kier alpha value is -3.45. The van der Waals surface area contributed by atoms with Crippen molar-refractivity contribution in [1.82, 2.24) is 15.2 Å². The summed E-state index contributed by atoms with van der Waals surface area (Å²) in [4.78, 5) is 8.98. The molecule has 1 saturated heterocycles. The Kier molecular flexibility index (Phi) is 6.11. The number of rotatable bonds is 5. The van der Waals surface area contributed by atoms with Crippen molar-refractivity contribution in [2.24, 2.45) is 5.92 Å². The van der Waals surface area contributed by atoms with E-state index in [4.69, 9.17) is 5.73 Å². The van der Waals surface area contributed by atoms with Crippen molar-refractivity contribution in [3.63, 3.8) is 0 Å². The number of nitrogens with two attached hydrogens (primary N) is 1. The van der Waals surface area contributed by atoms with Crippen molar-refractivity contribution in [1.29, 1.82) is 0 Å². The van der Waals surface area contributed by atoms with Gasteiger partial charge in [0.05, 0.1) is 0 Å². The van der Waals surface area contributed by atoms with Gasteiger partial charge in [-0.25, -0.2) is 9.37 Å². The van der Waals surface area contributed by atoms with Gasteiger partial charge in [-0.2, -0.15) is 4.39 Å². The number of aromatic nitrogens is 1. The smallest absolute Gasteiger partial charge is 0.222 e. The minimum absolute atomic E-state index is 0.0447. The van der Waals surface area contributed by atoms with Crippen LogP contribution in [-0.4, -0.2) is 48.6 Å². The van der Waals surface area contributed by atoms with Crippen LogP contribution in [-0.2, 0) is 6.42 Å². The van der Waals surface area contributed by atoms with E-state index in [1.165, 1.54) is 18.9 Å². The zero-order chi connectivity index (χ0) is 25.7. The molecular formula is C30H33F2N5. The first-order chi connectivity index (χ1) is 17.9. The average molecular weight is 502 g/mol. The highest BCUT2D eigenvalue weighted by atomic mass is 19.1. The minimum atomic E-state index is -0.632. The molecule has 2 aromatic carbocycles. The lowest BCUT2D eigenvalue weighted by Gasteiger charge is -2.39. The standard InChI is InChI=1S/C30H33F2N5/c1-18-28-22(9-10-34-18)15-23(16-27(28)31)26-17-25(29(32)35-30(26)33)21-5-7-24(8-6-21)37-13-11-36(12-14-37)19(2)20-3-4-20/h5-8,15-17,19-20,34H,1,3-4,9-14H2,2H3,(H2,33,35). The molecule has 2 fully saturated rings. The Morgan fingerprint density at radius 3 is 2.43 bits per heavy atom. The Morgan fingerprint density at radius 2 is 1.73 bits per heavy atom. The zero-order valence-corrected chi connectivity index (χ0v) is 21.2. The molecule has 1 unspecified atom stereocenters. The number of fused-ring (bicyclic) bond motifs is 1. The fourth-order valence-electron chi connectivity index (χ4n) is 5.84. The second-order valence-electron chi connectivity index (χ2n) is 10.6. The average Bonchev–Trinajstić information content (AvgIpc) is 3.74. The number of pyridine rings is 1. The molecule has 1 aliphatic carbocycles. The van der Waals surface area contributed by atoms with Crippen molar-refractivity contribution in [3.8, 4) is 22.3 Å². The fraction of sp³-hybridized carbons (Fsp3) is 0.367. The van der Waals surface area contributed by atoms with Gasteiger partial charge in [0.25, 0.3) is 0 Å². The van der Waals surface area contributed by atoms with Crippen molar-refractivity contribution in [3.05, 3.63) is 71.9 Å². The predicted molar refractivity (Wildman–Crippen MR) is 146 cm³/mol. The van der Waals surface area contributed by atoms with Gasteiger partial charge >= 0.3 is 0 Å². The Morgan fingerprint density at radius 1 is 1.00 bits per heavy atom. The maximum absolute atomic E-state index is 15.0. The minimum Gasteiger partial charge on any atom is -0.385 e. The molecular weight excluding hydrogens is 468 g/mol. The summed E-state index contributed by atoms with van der Waals surface area (Å²) >= 11 is 0. The summed E-state index contributed by atoms with van der Waals surface area (Å²) in [7, 11) is 0. The van der Waals surface area contributed by atoms with Gasteiger partial charge in [-0.15, -0.1) is 0 Å². The van der Waals surface area contributed by atoms with Gasteiger partial charge in [0.15, 0.2) is 0 Å². The summed E-state index contributed by atoms with van der Waals surface area (Å²) in [6, 6.07) is 13.6. The third-order valence-corrected chi connectivity index (χ3v) is 8.26. The van der Waals surface area contributed by atoms with E-state index in [-0.39, 0.29) is 11.6 Å². The number of halogens is 2. The van der Waals surface area contributed by atoms with E-state index in [2.05, 4.69) is 33.6 Å². The topological polar surface area (TPSA) is 57.4 Å². The van der Waals surface area contributed by atoms with E-state index >= 15 is 0 Å². The maximum Gasteiger partial charge on any atom is 0.222 e. The predicted octanol–water partition coefficient (Wildman–Crippen LogP) is 5.31. The first-order valence-corrected chi connectivity index (χ1v) is 13.2. The van der Waals surface area contributed by atoms with Gasteiger partial charge < -0.3 is 16.0 Å². The SMILES string of the molecule is C=C1NCCc2cc(-c3cc(-c4ccc(N5CCN(C(C)C6CC6)CC5)cc4)c(F)nc3N)cc(F)c21. The Bertz CT molecular complexity index is 1340. The first-order valence-electron chi connectivity index (χ1n) is 13.2. The molecule has 3 aromatic rings. The Balaban J connectivity index is 1.24. The summed E-state index contributed by atoms with van der Waals surface area (Å²) in [6.07, 6.45) is 3.42. The third kappa shape index (κ3) is 4.57. The second-order valence-corrected chi connectivity index (χ2v) is 10.6. The van der Waals surface area contributed by atoms with Gasteiger partial charge in [-0.3, -0.25) is 4.90 Å². The number of benzene rings is 2. The Labute approximate surface area is 217 Å². The second kappa shape index (κ2) is 9.45. The van der Waals surface area contributed by atoms with Crippen LogP contribution in [0.15, 0.2) is 49.0 Å². The summed E-state index contributed by atoms with van der Waals surface area (Å²) in [6.45, 7) is 11.1. The van der Waals surface area contributed by atoms with Gasteiger partial charge in [0.1, 0.15) is 11.6 Å². The molecule has 3 N–H and O–H groups in total. The van der Waals surface area contributed by atoms with Crippen LogP contribution in [0.4, 0.5) is 20.3 Å². The van der Waals surface area contributed by atoms with E-state index in [0.29, 0.717) is 52.5 Å². The molecule has 0 bridgehead atoms. The molecule has 2 aliphatic heterocycles. The lowest BCUT2D eigenvalue weighted by Crippen LogP contribution is -2.50. The zero-order valence-electron chi connectivity index (χ0n) is 21.2. The molecule has 6 rings (SSSR count). The first kappa shape index (κ1) is 23.9. The van der Waals surface area contributed by atoms with E-state index in [0.717, 1.165) is 43.3 Å². The maximum atomic E-state index is 15.0. The van der Waals surface area contributed by atoms with Crippen LogP contribution < -0.4 is 16.0 Å². The fourth-order valence-corrected chi connectivity index (χ4v) is 5.84. The van der Waals surface area contributed by atoms with Gasteiger partial charge in [-0.05, 0) is 73.1 Å². The van der Waals surface area contributed by atoms with E-state index < -0.39 is 5.95 Å². The van der Waals surface area contributed by atoms with Gasteiger partial charge in [0, 0.05) is 66.8 Å². The van der Waals surface area contributed by atoms with Crippen LogP contribution in [0.25, 0.3) is 28.0 Å². The quantitative estimate of drug-likeness (QED) is 0.464. The monoisotopic (exact) mass is 501 g/mol. The van der Waals surface area contributed by atoms with Crippen LogP contribution >= 0.6 is 0 Å². The van der Waals surface area contributed by atoms with E-state index in [9.17, 15) is 8.78 Å². The summed E-state index contributed by atoms with van der Waals surface area (Å²) in [5.74, 6) is -0.0738. The van der Waals surface area contributed by atoms with Crippen molar-refractivity contribution in [2.75, 3.05) is 43.4 Å². The van der Waals surface area contributed by atoms with Crippen LogP contribution in [0.3, 0.4) is 0 Å². The number of nitrogens with zero attached hydrogens (tertiary/aromatic N) is 3. The molecule has 0 radical (unpaired) electrons. The third-order valence-electron chi connectivity index (χ3n) is 8.26. The van der Waals surface area contributed by atoms with Crippen LogP contribution in [0.2, 0.25) is 0 Å². The summed E-state index contributed by atoms with van der Waals surface area (Å²) in [5, 5.41) is 3.10. The number of hydrogen-bond acceptors (Lipinski definition) is 5. The molecule has 5 nitrogen and oxygen atoms in total. The lowest BCUT2D eigenvalue weighted by molar-refractivity contribution is 0.179. The normalized spacial score (nSPS) is 18.9. The molecule has 3 aliphatic rings. The van der Waals surface area contributed by atoms with Crippen LogP contribution in [0, 0.1) is 17.7 Å². The van der Waals surface area contributed by atoms with Crippen LogP contribution in [0.5, 0.6) is 0 Å². The molecule has 1 saturated carbocycles. The van der Waals surface area contributed by atoms with Crippen molar-refractivity contribution >= 4 is 17.2 Å². The molecule has 1 aromatic heterocycles. The van der Waals surface area contributed by atoms with Crippen LogP contribution in [0.1, 0.15) is 30.9 Å². The summed E-state index contributed by atoms with van der Waals surface area (Å²) in [5.41, 5.74) is 11.4. The summed E-state index contributed by atoms with van der Waals surface area (Å²) < 4.78 is 30.0. The highest BCUT2D eigenvalue weighted by Crippen LogP contribution is 2.37. The highest BCUT2D eigenvalue weighted by Gasteiger charge is 2.33. The molecule has 1 atom stereocenters. The number of nitrogens with one attached hydrogen (secondary N) is 1. The molecule has 7 heteroatoms. The molecule has 192 valence electrons. The number of anilines is 2. The molecule has 0 spiro atoms. The lowest BCUT2D eigenvalue weighted by atomic mass is 9.92. The molecule has 3 heterocycles. The van der Waals surface area contributed by atoms with Gasteiger partial charge in [0.2, 0.25) is 5.95 Å². The molecule has 37 heavy (non-hydrogen) atoms. The van der Waals surface area contributed by atoms with Gasteiger partial charge in [-0.1, -0.05) is 24.8 Å². The molecule has 0 amide bonds. The number of hydrogen-bond donors (Lipinski definition) is 2. The number of piperazine rings is 1. The van der Waals surface area contributed by atoms with E-state index in [1.54, 1.807) is 6.07 Å². The van der Waals surface area contributed by atoms with Crippen molar-refractivity contribution < 1.29 is 8.78 Å². The van der Waals surface area contributed by atoms with Crippen molar-refractivity contribution in [2.45, 2.75) is 32.2 Å². The van der Waals surface area contributed by atoms with E-state index in [1.807, 2.05) is 30.3 Å². The largest absolute Gasteiger partial charge is 0.385 e.